The van der Waals surface area contributed by atoms with Crippen molar-refractivity contribution < 1.29 is 4.74 Å². The first kappa shape index (κ1) is 15.3. The van der Waals surface area contributed by atoms with E-state index in [1.54, 1.807) is 6.20 Å². The van der Waals surface area contributed by atoms with Crippen LogP contribution in [0, 0.1) is 11.3 Å². The van der Waals surface area contributed by atoms with Crippen LogP contribution >= 0.6 is 11.6 Å². The molecule has 0 bridgehead atoms. The molecule has 116 valence electrons. The first-order chi connectivity index (χ1) is 10.1. The zero-order valence-corrected chi connectivity index (χ0v) is 13.7. The summed E-state index contributed by atoms with van der Waals surface area (Å²) in [6.07, 6.45) is 8.71. The highest BCUT2D eigenvalue weighted by Gasteiger charge is 2.50. The Hall–Kier alpha value is -0.640. The topological polar surface area (TPSA) is 34.2 Å². The van der Waals surface area contributed by atoms with Gasteiger partial charge in [-0.15, -0.1) is 0 Å². The van der Waals surface area contributed by atoms with E-state index in [9.17, 15) is 0 Å². The maximum absolute atomic E-state index is 6.35. The Bertz CT molecular complexity index is 489. The molecule has 1 saturated carbocycles. The number of pyridine rings is 1. The van der Waals surface area contributed by atoms with Crippen molar-refractivity contribution in [2.24, 2.45) is 11.3 Å². The third-order valence-corrected chi connectivity index (χ3v) is 5.15. The molecule has 1 saturated heterocycles. The Kier molecular flexibility index (Phi) is 4.53. The van der Waals surface area contributed by atoms with Gasteiger partial charge in [0.15, 0.2) is 0 Å². The van der Waals surface area contributed by atoms with Crippen LogP contribution in [0.15, 0.2) is 18.5 Å². The van der Waals surface area contributed by atoms with Gasteiger partial charge in [0, 0.05) is 37.0 Å². The summed E-state index contributed by atoms with van der Waals surface area (Å²) in [6.45, 7) is 6.29. The number of ether oxygens (including phenoxy) is 1. The molecule has 1 aliphatic carbocycles. The average molecular weight is 309 g/mol. The first-order valence-electron chi connectivity index (χ1n) is 8.04. The summed E-state index contributed by atoms with van der Waals surface area (Å²) in [4.78, 5) is 4.10. The van der Waals surface area contributed by atoms with Crippen molar-refractivity contribution in [2.45, 2.75) is 51.7 Å². The Morgan fingerprint density at radius 3 is 2.95 bits per heavy atom. The SMILES string of the molecule is CC(C)NCC1(Cc2ccncc2Cl)CCOC1C1CC1. The summed E-state index contributed by atoms with van der Waals surface area (Å²) in [5.41, 5.74) is 1.38. The molecule has 2 fully saturated rings. The van der Waals surface area contributed by atoms with Gasteiger partial charge >= 0.3 is 0 Å². The molecule has 1 aliphatic heterocycles. The lowest BCUT2D eigenvalue weighted by molar-refractivity contribution is 0.0298. The Labute approximate surface area is 132 Å². The largest absolute Gasteiger partial charge is 0.377 e. The van der Waals surface area contributed by atoms with Gasteiger partial charge in [-0.2, -0.15) is 0 Å². The van der Waals surface area contributed by atoms with E-state index in [1.165, 1.54) is 18.4 Å². The highest BCUT2D eigenvalue weighted by molar-refractivity contribution is 6.31. The molecule has 3 nitrogen and oxygen atoms in total. The highest BCUT2D eigenvalue weighted by Crippen LogP contribution is 2.49. The monoisotopic (exact) mass is 308 g/mol. The third kappa shape index (κ3) is 3.41. The normalized spacial score (nSPS) is 29.2. The van der Waals surface area contributed by atoms with Gasteiger partial charge in [-0.1, -0.05) is 25.4 Å². The zero-order valence-electron chi connectivity index (χ0n) is 12.9. The minimum atomic E-state index is 0.177. The lowest BCUT2D eigenvalue weighted by atomic mass is 9.74. The fraction of sp³-hybridized carbons (Fsp3) is 0.706. The summed E-state index contributed by atoms with van der Waals surface area (Å²) in [7, 11) is 0. The summed E-state index contributed by atoms with van der Waals surface area (Å²) < 4.78 is 6.14. The van der Waals surface area contributed by atoms with E-state index < -0.39 is 0 Å². The summed E-state index contributed by atoms with van der Waals surface area (Å²) in [5, 5.41) is 4.42. The molecule has 1 N–H and O–H groups in total. The lowest BCUT2D eigenvalue weighted by Gasteiger charge is -2.36. The molecule has 2 aliphatic rings. The minimum absolute atomic E-state index is 0.177. The smallest absolute Gasteiger partial charge is 0.0675 e. The molecule has 0 radical (unpaired) electrons. The van der Waals surface area contributed by atoms with Gasteiger partial charge in [0.2, 0.25) is 0 Å². The molecule has 0 spiro atoms. The lowest BCUT2D eigenvalue weighted by Crippen LogP contribution is -2.45. The van der Waals surface area contributed by atoms with Gasteiger partial charge in [0.1, 0.15) is 0 Å². The molecule has 21 heavy (non-hydrogen) atoms. The van der Waals surface area contributed by atoms with Crippen LogP contribution in [0.1, 0.15) is 38.7 Å². The maximum atomic E-state index is 6.35. The van der Waals surface area contributed by atoms with E-state index in [4.69, 9.17) is 16.3 Å². The molecule has 4 heteroatoms. The number of rotatable bonds is 6. The quantitative estimate of drug-likeness (QED) is 0.874. The standard InChI is InChI=1S/C17H25ClN2O/c1-12(2)20-11-17(6-8-21-16(17)13-3-4-13)9-14-5-7-19-10-15(14)18/h5,7,10,12-13,16,20H,3-4,6,8-9,11H2,1-2H3. The molecule has 2 atom stereocenters. The van der Waals surface area contributed by atoms with Crippen LogP contribution in [0.2, 0.25) is 5.02 Å². The van der Waals surface area contributed by atoms with Gasteiger partial charge < -0.3 is 10.1 Å². The van der Waals surface area contributed by atoms with Crippen LogP contribution in [-0.2, 0) is 11.2 Å². The molecule has 0 aromatic carbocycles. The van der Waals surface area contributed by atoms with E-state index in [0.29, 0.717) is 12.1 Å². The van der Waals surface area contributed by atoms with Crippen molar-refractivity contribution in [2.75, 3.05) is 13.2 Å². The molecular weight excluding hydrogens is 284 g/mol. The molecule has 1 aromatic rings. The molecule has 0 amide bonds. The van der Waals surface area contributed by atoms with Crippen LogP contribution in [0.4, 0.5) is 0 Å². The van der Waals surface area contributed by atoms with Crippen LogP contribution in [-0.4, -0.2) is 30.3 Å². The average Bonchev–Trinajstić information content (AvgIpc) is 3.21. The van der Waals surface area contributed by atoms with Crippen LogP contribution < -0.4 is 5.32 Å². The first-order valence-corrected chi connectivity index (χ1v) is 8.42. The van der Waals surface area contributed by atoms with Crippen molar-refractivity contribution in [1.82, 2.24) is 10.3 Å². The Morgan fingerprint density at radius 1 is 1.48 bits per heavy atom. The second-order valence-corrected chi connectivity index (χ2v) is 7.33. The molecule has 1 aromatic heterocycles. The molecule has 3 rings (SSSR count). The fourth-order valence-corrected chi connectivity index (χ4v) is 3.70. The minimum Gasteiger partial charge on any atom is -0.377 e. The van der Waals surface area contributed by atoms with E-state index in [1.807, 2.05) is 6.20 Å². The van der Waals surface area contributed by atoms with Crippen LogP contribution in [0.25, 0.3) is 0 Å². The van der Waals surface area contributed by atoms with Gasteiger partial charge in [-0.3, -0.25) is 4.98 Å². The van der Waals surface area contributed by atoms with E-state index >= 15 is 0 Å². The van der Waals surface area contributed by atoms with Crippen molar-refractivity contribution in [1.29, 1.82) is 0 Å². The van der Waals surface area contributed by atoms with Gasteiger partial charge in [0.25, 0.3) is 0 Å². The summed E-state index contributed by atoms with van der Waals surface area (Å²) in [6, 6.07) is 2.55. The van der Waals surface area contributed by atoms with Gasteiger partial charge in [-0.25, -0.2) is 0 Å². The number of nitrogens with zero attached hydrogens (tertiary/aromatic N) is 1. The van der Waals surface area contributed by atoms with Crippen LogP contribution in [0.3, 0.4) is 0 Å². The fourth-order valence-electron chi connectivity index (χ4n) is 3.52. The predicted octanol–water partition coefficient (Wildman–Crippen LogP) is 3.46. The molecular formula is C17H25ClN2O. The van der Waals surface area contributed by atoms with Crippen molar-refractivity contribution >= 4 is 11.6 Å². The van der Waals surface area contributed by atoms with Crippen molar-refractivity contribution in [3.8, 4) is 0 Å². The van der Waals surface area contributed by atoms with E-state index in [0.717, 1.165) is 36.9 Å². The number of halogens is 1. The predicted molar refractivity (Wildman–Crippen MR) is 85.6 cm³/mol. The number of hydrogen-bond acceptors (Lipinski definition) is 3. The molecule has 2 heterocycles. The number of nitrogens with one attached hydrogen (secondary N) is 1. The third-order valence-electron chi connectivity index (χ3n) is 4.81. The second-order valence-electron chi connectivity index (χ2n) is 6.92. The van der Waals surface area contributed by atoms with Gasteiger partial charge in [-0.05, 0) is 43.2 Å². The van der Waals surface area contributed by atoms with E-state index in [2.05, 4.69) is 30.2 Å². The molecule has 2 unspecified atom stereocenters. The number of hydrogen-bond donors (Lipinski definition) is 1. The zero-order chi connectivity index (χ0) is 14.9. The van der Waals surface area contributed by atoms with Crippen molar-refractivity contribution in [3.05, 3.63) is 29.0 Å². The van der Waals surface area contributed by atoms with Crippen LogP contribution in [0.5, 0.6) is 0 Å². The van der Waals surface area contributed by atoms with Crippen molar-refractivity contribution in [3.63, 3.8) is 0 Å². The number of aromatic nitrogens is 1. The second kappa shape index (κ2) is 6.23. The Morgan fingerprint density at radius 2 is 2.29 bits per heavy atom. The summed E-state index contributed by atoms with van der Waals surface area (Å²) >= 11 is 6.35. The highest BCUT2D eigenvalue weighted by atomic mass is 35.5. The van der Waals surface area contributed by atoms with E-state index in [-0.39, 0.29) is 5.41 Å². The van der Waals surface area contributed by atoms with Gasteiger partial charge in [0.05, 0.1) is 11.1 Å². The Balaban J connectivity index is 1.83. The summed E-state index contributed by atoms with van der Waals surface area (Å²) in [5.74, 6) is 0.752. The maximum Gasteiger partial charge on any atom is 0.0675 e.